The van der Waals surface area contributed by atoms with Crippen LogP contribution in [0, 0.1) is 17.2 Å². The van der Waals surface area contributed by atoms with Crippen LogP contribution in [0.5, 0.6) is 5.75 Å². The van der Waals surface area contributed by atoms with Gasteiger partial charge in [-0.2, -0.15) is 5.26 Å². The number of hydrogen-bond donors (Lipinski definition) is 0. The number of para-hydroxylation sites is 1. The Labute approximate surface area is 107 Å². The predicted octanol–water partition coefficient (Wildman–Crippen LogP) is 3.53. The zero-order valence-electron chi connectivity index (χ0n) is 10.8. The number of aromatic nitrogens is 1. The molecule has 0 fully saturated rings. The van der Waals surface area contributed by atoms with E-state index in [0.29, 0.717) is 17.2 Å². The smallest absolute Gasteiger partial charge is 0.148 e. The van der Waals surface area contributed by atoms with Crippen LogP contribution in [-0.2, 0) is 0 Å². The number of hydrogen-bond acceptors (Lipinski definition) is 3. The summed E-state index contributed by atoms with van der Waals surface area (Å²) in [7, 11) is 0. The average molecular weight is 240 g/mol. The van der Waals surface area contributed by atoms with E-state index in [1.165, 1.54) is 0 Å². The molecule has 1 aromatic heterocycles. The van der Waals surface area contributed by atoms with Gasteiger partial charge in [-0.1, -0.05) is 26.0 Å². The van der Waals surface area contributed by atoms with Gasteiger partial charge in [-0.15, -0.1) is 0 Å². The zero-order chi connectivity index (χ0) is 13.1. The summed E-state index contributed by atoms with van der Waals surface area (Å²) >= 11 is 0. The lowest BCUT2D eigenvalue weighted by atomic mass is 10.1. The predicted molar refractivity (Wildman–Crippen MR) is 71.4 cm³/mol. The van der Waals surface area contributed by atoms with Crippen molar-refractivity contribution in [1.82, 2.24) is 4.98 Å². The standard InChI is InChI=1S/C15H16N2O/c1-10(2)11(3)18-15-12(8-16)9-17-14-7-5-4-6-13(14)15/h4-7,9-11H,1-3H3. The highest BCUT2D eigenvalue weighted by Gasteiger charge is 2.15. The van der Waals surface area contributed by atoms with Crippen LogP contribution < -0.4 is 4.74 Å². The third kappa shape index (κ3) is 2.28. The number of ether oxygens (including phenoxy) is 1. The molecule has 0 radical (unpaired) electrons. The monoisotopic (exact) mass is 240 g/mol. The van der Waals surface area contributed by atoms with E-state index < -0.39 is 0 Å². The van der Waals surface area contributed by atoms with E-state index in [1.54, 1.807) is 6.20 Å². The maximum Gasteiger partial charge on any atom is 0.148 e. The van der Waals surface area contributed by atoms with E-state index in [-0.39, 0.29) is 6.10 Å². The Morgan fingerprint density at radius 2 is 1.94 bits per heavy atom. The SMILES string of the molecule is CC(C)C(C)Oc1c(C#N)cnc2ccccc12. The van der Waals surface area contributed by atoms with E-state index in [0.717, 1.165) is 10.9 Å². The second-order valence-corrected chi connectivity index (χ2v) is 4.70. The molecule has 1 atom stereocenters. The van der Waals surface area contributed by atoms with Crippen molar-refractivity contribution in [2.24, 2.45) is 5.92 Å². The van der Waals surface area contributed by atoms with Crippen molar-refractivity contribution < 1.29 is 4.74 Å². The fraction of sp³-hybridized carbons (Fsp3) is 0.333. The highest BCUT2D eigenvalue weighted by molar-refractivity contribution is 5.87. The van der Waals surface area contributed by atoms with Gasteiger partial charge in [0.05, 0.1) is 11.6 Å². The molecule has 3 nitrogen and oxygen atoms in total. The van der Waals surface area contributed by atoms with Crippen LogP contribution in [0.1, 0.15) is 26.3 Å². The van der Waals surface area contributed by atoms with Crippen molar-refractivity contribution in [2.75, 3.05) is 0 Å². The fourth-order valence-corrected chi connectivity index (χ4v) is 1.64. The lowest BCUT2D eigenvalue weighted by molar-refractivity contribution is 0.172. The van der Waals surface area contributed by atoms with Crippen molar-refractivity contribution in [3.63, 3.8) is 0 Å². The first-order valence-electron chi connectivity index (χ1n) is 6.08. The molecule has 1 aromatic carbocycles. The van der Waals surface area contributed by atoms with Gasteiger partial charge in [-0.3, -0.25) is 4.98 Å². The minimum absolute atomic E-state index is 0.0582. The van der Waals surface area contributed by atoms with Crippen LogP contribution in [0.4, 0.5) is 0 Å². The normalized spacial score (nSPS) is 12.4. The summed E-state index contributed by atoms with van der Waals surface area (Å²) in [5.41, 5.74) is 1.34. The lowest BCUT2D eigenvalue weighted by Crippen LogP contribution is -2.19. The first kappa shape index (κ1) is 12.4. The van der Waals surface area contributed by atoms with Gasteiger partial charge in [0, 0.05) is 11.6 Å². The van der Waals surface area contributed by atoms with Gasteiger partial charge in [0.1, 0.15) is 17.4 Å². The van der Waals surface area contributed by atoms with Gasteiger partial charge in [0.15, 0.2) is 0 Å². The molecule has 0 aliphatic heterocycles. The van der Waals surface area contributed by atoms with Crippen LogP contribution >= 0.6 is 0 Å². The molecule has 2 rings (SSSR count). The molecule has 0 spiro atoms. The summed E-state index contributed by atoms with van der Waals surface area (Å²) in [5, 5.41) is 10.1. The summed E-state index contributed by atoms with van der Waals surface area (Å²) in [5.74, 6) is 1.03. The lowest BCUT2D eigenvalue weighted by Gasteiger charge is -2.19. The van der Waals surface area contributed by atoms with Gasteiger partial charge in [0.25, 0.3) is 0 Å². The average Bonchev–Trinajstić information content (AvgIpc) is 2.39. The Balaban J connectivity index is 2.55. The molecule has 1 unspecified atom stereocenters. The largest absolute Gasteiger partial charge is 0.488 e. The molecule has 92 valence electrons. The number of rotatable bonds is 3. The Bertz CT molecular complexity index is 599. The van der Waals surface area contributed by atoms with E-state index >= 15 is 0 Å². The second-order valence-electron chi connectivity index (χ2n) is 4.70. The van der Waals surface area contributed by atoms with Crippen LogP contribution in [0.3, 0.4) is 0 Å². The number of benzene rings is 1. The maximum absolute atomic E-state index is 9.16. The quantitative estimate of drug-likeness (QED) is 0.824. The molecule has 0 saturated heterocycles. The number of fused-ring (bicyclic) bond motifs is 1. The molecule has 1 heterocycles. The molecule has 0 aliphatic rings. The maximum atomic E-state index is 9.16. The fourth-order valence-electron chi connectivity index (χ4n) is 1.64. The Kier molecular flexibility index (Phi) is 3.47. The first-order chi connectivity index (χ1) is 8.63. The summed E-state index contributed by atoms with van der Waals surface area (Å²) in [6.45, 7) is 6.21. The van der Waals surface area contributed by atoms with Gasteiger partial charge >= 0.3 is 0 Å². The number of pyridine rings is 1. The van der Waals surface area contributed by atoms with Crippen molar-refractivity contribution in [3.8, 4) is 11.8 Å². The minimum atomic E-state index is 0.0582. The summed E-state index contributed by atoms with van der Waals surface area (Å²) in [6.07, 6.45) is 1.63. The van der Waals surface area contributed by atoms with Crippen molar-refractivity contribution >= 4 is 10.9 Å². The molecule has 0 amide bonds. The van der Waals surface area contributed by atoms with Crippen LogP contribution in [0.15, 0.2) is 30.5 Å². The summed E-state index contributed by atoms with van der Waals surface area (Å²) < 4.78 is 5.95. The summed E-state index contributed by atoms with van der Waals surface area (Å²) in [6, 6.07) is 9.86. The highest BCUT2D eigenvalue weighted by atomic mass is 16.5. The van der Waals surface area contributed by atoms with Crippen molar-refractivity contribution in [1.29, 1.82) is 5.26 Å². The molecule has 18 heavy (non-hydrogen) atoms. The van der Waals surface area contributed by atoms with Crippen molar-refractivity contribution in [3.05, 3.63) is 36.0 Å². The Morgan fingerprint density at radius 3 is 2.61 bits per heavy atom. The second kappa shape index (κ2) is 5.05. The molecule has 0 bridgehead atoms. The van der Waals surface area contributed by atoms with E-state index in [4.69, 9.17) is 10.00 Å². The van der Waals surface area contributed by atoms with Crippen LogP contribution in [0.25, 0.3) is 10.9 Å². The van der Waals surface area contributed by atoms with E-state index in [1.807, 2.05) is 31.2 Å². The Hall–Kier alpha value is -2.08. The molecular formula is C15H16N2O. The van der Waals surface area contributed by atoms with Gasteiger partial charge in [0.2, 0.25) is 0 Å². The number of nitriles is 1. The first-order valence-corrected chi connectivity index (χ1v) is 6.08. The van der Waals surface area contributed by atoms with Crippen LogP contribution in [-0.4, -0.2) is 11.1 Å². The topological polar surface area (TPSA) is 45.9 Å². The third-order valence-electron chi connectivity index (χ3n) is 3.09. The molecule has 0 N–H and O–H groups in total. The van der Waals surface area contributed by atoms with Gasteiger partial charge in [-0.25, -0.2) is 0 Å². The minimum Gasteiger partial charge on any atom is -0.488 e. The van der Waals surface area contributed by atoms with Gasteiger partial charge in [-0.05, 0) is 25.0 Å². The van der Waals surface area contributed by atoms with E-state index in [9.17, 15) is 0 Å². The highest BCUT2D eigenvalue weighted by Crippen LogP contribution is 2.29. The van der Waals surface area contributed by atoms with Crippen molar-refractivity contribution in [2.45, 2.75) is 26.9 Å². The third-order valence-corrected chi connectivity index (χ3v) is 3.09. The zero-order valence-corrected chi connectivity index (χ0v) is 10.8. The summed E-state index contributed by atoms with van der Waals surface area (Å²) in [4.78, 5) is 4.26. The van der Waals surface area contributed by atoms with Gasteiger partial charge < -0.3 is 4.74 Å². The molecule has 0 saturated carbocycles. The Morgan fingerprint density at radius 1 is 1.22 bits per heavy atom. The number of nitrogens with zero attached hydrogens (tertiary/aromatic N) is 2. The molecule has 3 heteroatoms. The molecular weight excluding hydrogens is 224 g/mol. The molecule has 0 aliphatic carbocycles. The molecule has 2 aromatic rings. The van der Waals surface area contributed by atoms with Crippen LogP contribution in [0.2, 0.25) is 0 Å². The van der Waals surface area contributed by atoms with E-state index in [2.05, 4.69) is 24.9 Å².